The van der Waals surface area contributed by atoms with Crippen molar-refractivity contribution in [1.29, 1.82) is 0 Å². The number of hydrogen-bond donors (Lipinski definition) is 5. The Morgan fingerprint density at radius 3 is 2.33 bits per heavy atom. The van der Waals surface area contributed by atoms with Gasteiger partial charge in [-0.15, -0.1) is 0 Å². The molecular formula is C20H24ClF3N6O8S. The third kappa shape index (κ3) is 9.25. The summed E-state index contributed by atoms with van der Waals surface area (Å²) in [5.74, 6) is -3.62. The van der Waals surface area contributed by atoms with E-state index in [0.29, 0.717) is 0 Å². The predicted octanol–water partition coefficient (Wildman–Crippen LogP) is 0.188. The number of aromatic nitrogens is 1. The Labute approximate surface area is 224 Å². The van der Waals surface area contributed by atoms with Crippen molar-refractivity contribution in [3.05, 3.63) is 45.3 Å². The number of guanidine groups is 1. The van der Waals surface area contributed by atoms with Gasteiger partial charge in [0.25, 0.3) is 5.56 Å². The number of aryl methyl sites for hydroxylation is 1. The number of anilines is 1. The molecular weight excluding hydrogens is 577 g/mol. The number of benzene rings is 1. The van der Waals surface area contributed by atoms with Gasteiger partial charge in [0.2, 0.25) is 21.7 Å². The summed E-state index contributed by atoms with van der Waals surface area (Å²) in [5.41, 5.74) is 15.2. The molecule has 0 saturated carbocycles. The van der Waals surface area contributed by atoms with Crippen LogP contribution in [0.5, 0.6) is 5.75 Å². The molecule has 2 aromatic rings. The monoisotopic (exact) mass is 600 g/mol. The summed E-state index contributed by atoms with van der Waals surface area (Å²) in [5, 5.41) is 13.0. The average molecular weight is 601 g/mol. The number of hydrogen-bond acceptors (Lipinski definition) is 9. The van der Waals surface area contributed by atoms with Crippen LogP contribution in [0.15, 0.2) is 44.0 Å². The standard InChI is InChI=1S/C18H23ClN6O6S.C2HF3O2/c1-10-7-12(20)16(32(28,29)14-8-11(19)3-4-13(14)30-2)17(27)25(10)9-15(26)23-5-6-31-24-18(21)22;3-2(4,5)1(6)7/h3-4,7-8H,5-6,9,20H2,1-2H3,(H,23,26)(H4,21,22,24);(H,6,7). The van der Waals surface area contributed by atoms with Crippen molar-refractivity contribution in [2.45, 2.75) is 29.4 Å². The summed E-state index contributed by atoms with van der Waals surface area (Å²) >= 11 is 5.94. The number of nitrogens with one attached hydrogen (secondary N) is 1. The maximum atomic E-state index is 13.3. The third-order valence-electron chi connectivity index (χ3n) is 4.41. The Morgan fingerprint density at radius 2 is 1.82 bits per heavy atom. The lowest BCUT2D eigenvalue weighted by atomic mass is 10.3. The Bertz CT molecular complexity index is 1410. The van der Waals surface area contributed by atoms with Gasteiger partial charge in [0, 0.05) is 10.7 Å². The van der Waals surface area contributed by atoms with Gasteiger partial charge < -0.3 is 41.8 Å². The first-order valence-corrected chi connectivity index (χ1v) is 12.2. The van der Waals surface area contributed by atoms with E-state index in [1.807, 2.05) is 0 Å². The molecule has 0 atom stereocenters. The van der Waals surface area contributed by atoms with E-state index >= 15 is 0 Å². The van der Waals surface area contributed by atoms with E-state index in [9.17, 15) is 31.2 Å². The number of oxime groups is 1. The molecule has 0 saturated heterocycles. The molecule has 19 heteroatoms. The number of amides is 1. The summed E-state index contributed by atoms with van der Waals surface area (Å²) in [6, 6.07) is 5.25. The van der Waals surface area contributed by atoms with E-state index in [4.69, 9.17) is 48.3 Å². The smallest absolute Gasteiger partial charge is 0.490 e. The second-order valence-electron chi connectivity index (χ2n) is 7.26. The fourth-order valence-corrected chi connectivity index (χ4v) is 4.63. The number of methoxy groups -OCH3 is 1. The molecule has 0 unspecified atom stereocenters. The van der Waals surface area contributed by atoms with Gasteiger partial charge in [-0.1, -0.05) is 11.6 Å². The zero-order valence-electron chi connectivity index (χ0n) is 20.3. The van der Waals surface area contributed by atoms with Crippen molar-refractivity contribution in [2.24, 2.45) is 16.6 Å². The van der Waals surface area contributed by atoms with E-state index in [2.05, 4.69) is 10.5 Å². The number of carboxylic acid groups (broad SMARTS) is 1. The first kappa shape index (κ1) is 32.8. The maximum Gasteiger partial charge on any atom is 0.490 e. The minimum Gasteiger partial charge on any atom is -0.495 e. The summed E-state index contributed by atoms with van der Waals surface area (Å²) in [7, 11) is -3.15. The zero-order chi connectivity index (χ0) is 30.1. The van der Waals surface area contributed by atoms with Gasteiger partial charge >= 0.3 is 12.1 Å². The number of rotatable bonds is 9. The molecule has 0 spiro atoms. The molecule has 1 aromatic heterocycles. The predicted molar refractivity (Wildman–Crippen MR) is 132 cm³/mol. The molecule has 39 heavy (non-hydrogen) atoms. The van der Waals surface area contributed by atoms with Gasteiger partial charge in [0.15, 0.2) is 4.90 Å². The number of alkyl halides is 3. The summed E-state index contributed by atoms with van der Waals surface area (Å²) in [6.45, 7) is 1.09. The highest BCUT2D eigenvalue weighted by Crippen LogP contribution is 2.32. The number of nitrogen functional groups attached to an aromatic ring is 1. The van der Waals surface area contributed by atoms with Gasteiger partial charge in [-0.25, -0.2) is 13.2 Å². The highest BCUT2D eigenvalue weighted by Gasteiger charge is 2.38. The minimum absolute atomic E-state index is 0.0150. The van der Waals surface area contributed by atoms with Gasteiger partial charge in [0.1, 0.15) is 23.8 Å². The number of sulfone groups is 1. The SMILES string of the molecule is COc1ccc(Cl)cc1S(=O)(=O)c1c(N)cc(C)n(CC(=O)NCCON=C(N)N)c1=O.O=C(O)C(F)(F)F. The number of carbonyl (C=O) groups excluding carboxylic acids is 1. The van der Waals surface area contributed by atoms with Crippen molar-refractivity contribution in [3.8, 4) is 5.75 Å². The summed E-state index contributed by atoms with van der Waals surface area (Å²) in [6.07, 6.45) is -5.08. The van der Waals surface area contributed by atoms with Crippen molar-refractivity contribution < 1.29 is 45.9 Å². The van der Waals surface area contributed by atoms with Crippen LogP contribution in [-0.2, 0) is 30.8 Å². The Kier molecular flexibility index (Phi) is 11.4. The van der Waals surface area contributed by atoms with Crippen molar-refractivity contribution in [3.63, 3.8) is 0 Å². The first-order chi connectivity index (χ1) is 17.9. The Hall–Kier alpha value is -4.19. The van der Waals surface area contributed by atoms with Crippen molar-refractivity contribution >= 4 is 45.0 Å². The Balaban J connectivity index is 0.000000956. The van der Waals surface area contributed by atoms with Crippen LogP contribution < -0.4 is 32.8 Å². The number of carboxylic acids is 1. The summed E-state index contributed by atoms with van der Waals surface area (Å²) in [4.78, 5) is 37.9. The average Bonchev–Trinajstić information content (AvgIpc) is 2.80. The van der Waals surface area contributed by atoms with Gasteiger partial charge in [-0.3, -0.25) is 9.59 Å². The molecule has 0 aliphatic rings. The number of halogens is 4. The molecule has 1 heterocycles. The van der Waals surface area contributed by atoms with Crippen LogP contribution >= 0.6 is 11.6 Å². The van der Waals surface area contributed by atoms with Crippen LogP contribution in [0.25, 0.3) is 0 Å². The van der Waals surface area contributed by atoms with Crippen LogP contribution in [0.4, 0.5) is 18.9 Å². The molecule has 14 nitrogen and oxygen atoms in total. The Morgan fingerprint density at radius 1 is 1.23 bits per heavy atom. The van der Waals surface area contributed by atoms with Gasteiger partial charge in [-0.2, -0.15) is 13.2 Å². The van der Waals surface area contributed by atoms with Crippen molar-refractivity contribution in [2.75, 3.05) is 26.0 Å². The van der Waals surface area contributed by atoms with Crippen LogP contribution in [0, 0.1) is 6.92 Å². The minimum atomic E-state index is -5.08. The van der Waals surface area contributed by atoms with Crippen LogP contribution in [0.2, 0.25) is 5.02 Å². The van der Waals surface area contributed by atoms with Crippen LogP contribution in [-0.4, -0.2) is 62.4 Å². The molecule has 8 N–H and O–H groups in total. The fraction of sp³-hybridized carbons (Fsp3) is 0.300. The molecule has 0 aliphatic heterocycles. The topological polar surface area (TPSA) is 231 Å². The highest BCUT2D eigenvalue weighted by molar-refractivity contribution is 7.91. The van der Waals surface area contributed by atoms with E-state index in [0.717, 1.165) is 10.6 Å². The number of carbonyl (C=O) groups is 2. The van der Waals surface area contributed by atoms with E-state index in [1.165, 1.54) is 32.2 Å². The highest BCUT2D eigenvalue weighted by atomic mass is 35.5. The zero-order valence-corrected chi connectivity index (χ0v) is 21.9. The van der Waals surface area contributed by atoms with Crippen molar-refractivity contribution in [1.82, 2.24) is 9.88 Å². The normalized spacial score (nSPS) is 11.0. The fourth-order valence-electron chi connectivity index (χ4n) is 2.77. The van der Waals surface area contributed by atoms with Crippen LogP contribution in [0.1, 0.15) is 5.69 Å². The first-order valence-electron chi connectivity index (χ1n) is 10.3. The number of nitrogens with zero attached hydrogens (tertiary/aromatic N) is 2. The van der Waals surface area contributed by atoms with E-state index in [1.54, 1.807) is 0 Å². The van der Waals surface area contributed by atoms with Crippen LogP contribution in [0.3, 0.4) is 0 Å². The molecule has 0 bridgehead atoms. The molecule has 2 rings (SSSR count). The van der Waals surface area contributed by atoms with Gasteiger partial charge in [-0.05, 0) is 36.3 Å². The maximum absolute atomic E-state index is 13.3. The second-order valence-corrected chi connectivity index (χ2v) is 9.55. The molecule has 0 fully saturated rings. The third-order valence-corrected chi connectivity index (χ3v) is 6.49. The molecule has 0 aliphatic carbocycles. The molecule has 1 amide bonds. The lowest BCUT2D eigenvalue weighted by molar-refractivity contribution is -0.192. The quantitative estimate of drug-likeness (QED) is 0.113. The number of pyridine rings is 1. The lowest BCUT2D eigenvalue weighted by Crippen LogP contribution is -2.37. The van der Waals surface area contributed by atoms with E-state index in [-0.39, 0.29) is 46.2 Å². The molecule has 216 valence electrons. The molecule has 0 radical (unpaired) electrons. The second kappa shape index (κ2) is 13.6. The number of aliphatic carboxylic acids is 1. The summed E-state index contributed by atoms with van der Waals surface area (Å²) < 4.78 is 64.4. The number of nitrogens with two attached hydrogens (primary N) is 3. The lowest BCUT2D eigenvalue weighted by Gasteiger charge is -2.16. The molecule has 1 aromatic carbocycles. The largest absolute Gasteiger partial charge is 0.495 e. The van der Waals surface area contributed by atoms with Gasteiger partial charge in [0.05, 0.1) is 19.3 Å². The van der Waals surface area contributed by atoms with E-state index < -0.39 is 44.9 Å². The number of ether oxygens (including phenoxy) is 1.